The van der Waals surface area contributed by atoms with Gasteiger partial charge in [0, 0.05) is 17.3 Å². The molecule has 1 aromatic heterocycles. The lowest BCUT2D eigenvalue weighted by Gasteiger charge is -2.07. The predicted octanol–water partition coefficient (Wildman–Crippen LogP) is 0.0292. The molecule has 0 amide bonds. The van der Waals surface area contributed by atoms with Crippen LogP contribution in [0.4, 0.5) is 0 Å². The summed E-state index contributed by atoms with van der Waals surface area (Å²) in [5.41, 5.74) is 1.27. The molecule has 15 heavy (non-hydrogen) atoms. The van der Waals surface area contributed by atoms with Crippen LogP contribution in [0.25, 0.3) is 0 Å². The molecule has 0 saturated carbocycles. The minimum absolute atomic E-state index is 0.0379. The third-order valence-corrected chi connectivity index (χ3v) is 1.76. The van der Waals surface area contributed by atoms with E-state index in [9.17, 15) is 5.11 Å². The highest BCUT2D eigenvalue weighted by molar-refractivity contribution is 5.39. The van der Waals surface area contributed by atoms with Gasteiger partial charge in [-0.25, -0.2) is 10.5 Å². The van der Waals surface area contributed by atoms with E-state index in [1.807, 2.05) is 0 Å². The number of hydrogen-bond acceptors (Lipinski definition) is 7. The number of pyridine rings is 1. The van der Waals surface area contributed by atoms with Crippen molar-refractivity contribution in [3.8, 4) is 5.75 Å². The van der Waals surface area contributed by atoms with Crippen molar-refractivity contribution in [2.45, 2.75) is 20.1 Å². The molecule has 0 aromatic carbocycles. The molecule has 7 nitrogen and oxygen atoms in total. The number of nitrogens with zero attached hydrogens (tertiary/aromatic N) is 1. The molecule has 0 aliphatic carbocycles. The highest BCUT2D eigenvalue weighted by Gasteiger charge is 2.09. The normalized spacial score (nSPS) is 9.40. The molecule has 1 rings (SSSR count). The Labute approximate surface area is 85.7 Å². The second kappa shape index (κ2) is 7.10. The summed E-state index contributed by atoms with van der Waals surface area (Å²) in [7, 11) is 0. The SMILES string of the molecule is Cc1ncc(CO)c(CO)c1O.OOO. The fraction of sp³-hybridized carbons (Fsp3) is 0.375. The van der Waals surface area contributed by atoms with E-state index in [2.05, 4.69) is 10.0 Å². The van der Waals surface area contributed by atoms with Gasteiger partial charge >= 0.3 is 0 Å². The van der Waals surface area contributed by atoms with Crippen molar-refractivity contribution in [1.82, 2.24) is 4.98 Å². The lowest BCUT2D eigenvalue weighted by Crippen LogP contribution is -1.98. The Bertz CT molecular complexity index is 303. The van der Waals surface area contributed by atoms with Crippen molar-refractivity contribution in [2.75, 3.05) is 0 Å². The Balaban J connectivity index is 0.000000583. The van der Waals surface area contributed by atoms with Crippen LogP contribution in [0.15, 0.2) is 6.20 Å². The third-order valence-electron chi connectivity index (χ3n) is 1.76. The molecule has 0 fully saturated rings. The first-order valence-corrected chi connectivity index (χ1v) is 3.95. The van der Waals surface area contributed by atoms with Crippen LogP contribution < -0.4 is 0 Å². The maximum atomic E-state index is 9.38. The molecular formula is C8H13NO6. The average Bonchev–Trinajstić information content (AvgIpc) is 2.23. The van der Waals surface area contributed by atoms with Gasteiger partial charge in [-0.3, -0.25) is 4.98 Å². The smallest absolute Gasteiger partial charge is 0.142 e. The second-order valence-corrected chi connectivity index (χ2v) is 2.59. The minimum atomic E-state index is -0.287. The third kappa shape index (κ3) is 3.78. The summed E-state index contributed by atoms with van der Waals surface area (Å²) in [4.78, 5) is 3.84. The van der Waals surface area contributed by atoms with Gasteiger partial charge in [0.15, 0.2) is 0 Å². The Morgan fingerprint density at radius 1 is 1.27 bits per heavy atom. The lowest BCUT2D eigenvalue weighted by molar-refractivity contribution is -0.465. The van der Waals surface area contributed by atoms with Crippen LogP contribution in [0, 0.1) is 6.92 Å². The summed E-state index contributed by atoms with van der Waals surface area (Å²) >= 11 is 0. The maximum absolute atomic E-state index is 9.38. The summed E-state index contributed by atoms with van der Waals surface area (Å²) in [5, 5.41) is 42.5. The Hall–Kier alpha value is -1.25. The van der Waals surface area contributed by atoms with Gasteiger partial charge in [-0.05, 0) is 6.92 Å². The van der Waals surface area contributed by atoms with Gasteiger partial charge in [-0.15, -0.1) is 0 Å². The zero-order valence-electron chi connectivity index (χ0n) is 8.08. The monoisotopic (exact) mass is 219 g/mol. The molecule has 0 atom stereocenters. The van der Waals surface area contributed by atoms with Crippen LogP contribution in [0.1, 0.15) is 16.8 Å². The number of rotatable bonds is 2. The number of aromatic nitrogens is 1. The van der Waals surface area contributed by atoms with E-state index in [4.69, 9.17) is 20.7 Å². The molecule has 1 aromatic rings. The Kier molecular flexibility index (Phi) is 6.50. The summed E-state index contributed by atoms with van der Waals surface area (Å²) in [6, 6.07) is 0. The van der Waals surface area contributed by atoms with Crippen LogP contribution in [0.3, 0.4) is 0 Å². The van der Waals surface area contributed by atoms with Crippen LogP contribution in [0.5, 0.6) is 5.75 Å². The molecule has 1 heterocycles. The molecule has 0 saturated heterocycles. The van der Waals surface area contributed by atoms with E-state index in [1.165, 1.54) is 6.20 Å². The van der Waals surface area contributed by atoms with Crippen molar-refractivity contribution >= 4 is 0 Å². The molecule has 0 aliphatic heterocycles. The first-order valence-electron chi connectivity index (χ1n) is 3.95. The second-order valence-electron chi connectivity index (χ2n) is 2.59. The van der Waals surface area contributed by atoms with E-state index < -0.39 is 0 Å². The van der Waals surface area contributed by atoms with Gasteiger partial charge in [0.05, 0.1) is 18.9 Å². The lowest BCUT2D eigenvalue weighted by atomic mass is 10.1. The number of hydrogen-bond donors (Lipinski definition) is 5. The van der Waals surface area contributed by atoms with Gasteiger partial charge in [0.25, 0.3) is 0 Å². The maximum Gasteiger partial charge on any atom is 0.142 e. The number of aryl methyl sites for hydroxylation is 1. The van der Waals surface area contributed by atoms with Crippen LogP contribution in [-0.4, -0.2) is 30.8 Å². The Morgan fingerprint density at radius 3 is 2.20 bits per heavy atom. The molecule has 0 spiro atoms. The van der Waals surface area contributed by atoms with Crippen molar-refractivity contribution < 1.29 is 30.9 Å². The molecule has 5 N–H and O–H groups in total. The molecular weight excluding hydrogens is 206 g/mol. The highest BCUT2D eigenvalue weighted by Crippen LogP contribution is 2.23. The van der Waals surface area contributed by atoms with E-state index in [-0.39, 0.29) is 19.0 Å². The number of aliphatic hydroxyl groups is 2. The van der Waals surface area contributed by atoms with Crippen LogP contribution in [-0.2, 0) is 18.3 Å². The van der Waals surface area contributed by atoms with E-state index in [0.29, 0.717) is 16.8 Å². The number of aromatic hydroxyl groups is 1. The summed E-state index contributed by atoms with van der Waals surface area (Å²) in [6.07, 6.45) is 1.45. The Morgan fingerprint density at radius 2 is 1.80 bits per heavy atom. The van der Waals surface area contributed by atoms with Crippen molar-refractivity contribution in [2.24, 2.45) is 0 Å². The minimum Gasteiger partial charge on any atom is -0.506 e. The summed E-state index contributed by atoms with van der Waals surface area (Å²) in [5.74, 6) is -0.0379. The zero-order chi connectivity index (χ0) is 11.8. The van der Waals surface area contributed by atoms with Crippen LogP contribution in [0.2, 0.25) is 0 Å². The molecule has 0 bridgehead atoms. The van der Waals surface area contributed by atoms with Crippen molar-refractivity contribution in [3.63, 3.8) is 0 Å². The molecule has 0 radical (unpaired) electrons. The topological polar surface area (TPSA) is 123 Å². The number of aliphatic hydroxyl groups excluding tert-OH is 2. The molecule has 0 aliphatic rings. The van der Waals surface area contributed by atoms with Crippen molar-refractivity contribution in [3.05, 3.63) is 23.0 Å². The van der Waals surface area contributed by atoms with Gasteiger partial charge in [-0.2, -0.15) is 0 Å². The van der Waals surface area contributed by atoms with Gasteiger partial charge < -0.3 is 15.3 Å². The van der Waals surface area contributed by atoms with Crippen molar-refractivity contribution in [1.29, 1.82) is 0 Å². The fourth-order valence-electron chi connectivity index (χ4n) is 0.997. The first kappa shape index (κ1) is 13.8. The predicted molar refractivity (Wildman–Crippen MR) is 48.8 cm³/mol. The van der Waals surface area contributed by atoms with Gasteiger partial charge in [0.2, 0.25) is 0 Å². The first-order chi connectivity index (χ1) is 7.12. The molecule has 7 heteroatoms. The molecule has 0 unspecified atom stereocenters. The van der Waals surface area contributed by atoms with Crippen LogP contribution >= 0.6 is 0 Å². The quantitative estimate of drug-likeness (QED) is 0.351. The molecule has 86 valence electrons. The largest absolute Gasteiger partial charge is 0.506 e. The average molecular weight is 219 g/mol. The van der Waals surface area contributed by atoms with E-state index in [1.54, 1.807) is 6.92 Å². The zero-order valence-corrected chi connectivity index (χ0v) is 8.08. The summed E-state index contributed by atoms with van der Waals surface area (Å²) < 4.78 is 0. The fourth-order valence-corrected chi connectivity index (χ4v) is 0.997. The highest BCUT2D eigenvalue weighted by atomic mass is 17.4. The standard InChI is InChI=1S/C8H11NO3.H2O3/c1-5-8(12)7(4-11)6(3-10)2-9-5;1-3-2/h2,10-12H,3-4H2,1H3;1-2H. The van der Waals surface area contributed by atoms with Gasteiger partial charge in [-0.1, -0.05) is 5.04 Å². The van der Waals surface area contributed by atoms with E-state index in [0.717, 1.165) is 0 Å². The summed E-state index contributed by atoms with van der Waals surface area (Å²) in [6.45, 7) is 1.12. The van der Waals surface area contributed by atoms with E-state index >= 15 is 0 Å². The van der Waals surface area contributed by atoms with Gasteiger partial charge in [0.1, 0.15) is 5.75 Å².